The van der Waals surface area contributed by atoms with Crippen molar-refractivity contribution in [3.63, 3.8) is 0 Å². The molecule has 2 aromatic carbocycles. The lowest BCUT2D eigenvalue weighted by Gasteiger charge is -2.26. The number of hydrogen-bond donors (Lipinski definition) is 2. The van der Waals surface area contributed by atoms with Crippen molar-refractivity contribution in [3.8, 4) is 22.6 Å². The summed E-state index contributed by atoms with van der Waals surface area (Å²) in [7, 11) is 0. The zero-order valence-electron chi connectivity index (χ0n) is 19.4. The highest BCUT2D eigenvalue weighted by Gasteiger charge is 2.30. The number of ketones is 1. The molecular weight excluding hydrogens is 436 g/mol. The Morgan fingerprint density at radius 1 is 0.676 bits per heavy atom. The van der Waals surface area contributed by atoms with Crippen molar-refractivity contribution in [2.45, 2.75) is 0 Å². The van der Waals surface area contributed by atoms with E-state index in [2.05, 4.69) is 9.80 Å². The fourth-order valence-electron chi connectivity index (χ4n) is 4.63. The Balaban J connectivity index is 1.26. The molecule has 34 heavy (non-hydrogen) atoms. The number of nitrogen functional groups attached to an aromatic ring is 2. The molecule has 9 heteroatoms. The Hall–Kier alpha value is -2.85. The van der Waals surface area contributed by atoms with E-state index in [0.717, 1.165) is 76.8 Å². The van der Waals surface area contributed by atoms with Gasteiger partial charge in [0.25, 0.3) is 0 Å². The van der Waals surface area contributed by atoms with E-state index in [1.54, 1.807) is 12.1 Å². The average Bonchev–Trinajstić information content (AvgIpc) is 3.10. The van der Waals surface area contributed by atoms with E-state index in [-0.39, 0.29) is 5.78 Å². The summed E-state index contributed by atoms with van der Waals surface area (Å²) in [4.78, 5) is 17.8. The summed E-state index contributed by atoms with van der Waals surface area (Å²) in [5.41, 5.74) is 16.3. The van der Waals surface area contributed by atoms with Crippen molar-refractivity contribution >= 4 is 17.2 Å². The van der Waals surface area contributed by atoms with E-state index >= 15 is 0 Å². The largest absolute Gasteiger partial charge is 0.490 e. The Morgan fingerprint density at radius 2 is 1.09 bits per heavy atom. The van der Waals surface area contributed by atoms with Gasteiger partial charge < -0.3 is 30.4 Å². The molecule has 182 valence electrons. The molecule has 0 unspecified atom stereocenters. The van der Waals surface area contributed by atoms with Crippen molar-refractivity contribution in [2.24, 2.45) is 0 Å². The number of anilines is 2. The average molecular weight is 469 g/mol. The van der Waals surface area contributed by atoms with Crippen LogP contribution in [-0.2, 0) is 9.47 Å². The van der Waals surface area contributed by atoms with Crippen LogP contribution in [0.15, 0.2) is 24.3 Å². The molecule has 0 saturated carbocycles. The second kappa shape index (κ2) is 10.2. The van der Waals surface area contributed by atoms with Crippen LogP contribution >= 0.6 is 0 Å². The molecule has 0 bridgehead atoms. The smallest absolute Gasteiger partial charge is 0.194 e. The molecule has 2 fully saturated rings. The third-order valence-corrected chi connectivity index (χ3v) is 6.62. The molecule has 2 aromatic rings. The summed E-state index contributed by atoms with van der Waals surface area (Å²) in [6, 6.07) is 7.12. The number of morpholine rings is 2. The number of ether oxygens (including phenoxy) is 4. The molecule has 9 nitrogen and oxygen atoms in total. The number of carbonyl (C=O) groups excluding carboxylic acids is 1. The van der Waals surface area contributed by atoms with Gasteiger partial charge in [0.2, 0.25) is 0 Å². The van der Waals surface area contributed by atoms with Crippen LogP contribution in [0.4, 0.5) is 11.4 Å². The predicted octanol–water partition coefficient (Wildman–Crippen LogP) is 1.48. The van der Waals surface area contributed by atoms with Crippen molar-refractivity contribution < 1.29 is 23.7 Å². The molecule has 0 spiro atoms. The first kappa shape index (κ1) is 22.9. The molecule has 0 radical (unpaired) electrons. The van der Waals surface area contributed by atoms with E-state index < -0.39 is 0 Å². The molecule has 0 atom stereocenters. The van der Waals surface area contributed by atoms with Gasteiger partial charge in [-0.2, -0.15) is 0 Å². The first-order valence-electron chi connectivity index (χ1n) is 11.9. The second-order valence-electron chi connectivity index (χ2n) is 8.81. The van der Waals surface area contributed by atoms with Crippen LogP contribution in [0, 0.1) is 0 Å². The molecule has 1 aliphatic carbocycles. The van der Waals surface area contributed by atoms with Crippen molar-refractivity contribution in [2.75, 3.05) is 90.4 Å². The van der Waals surface area contributed by atoms with Gasteiger partial charge in [-0.15, -0.1) is 0 Å². The molecule has 3 aliphatic rings. The minimum absolute atomic E-state index is 0.0685. The predicted molar refractivity (Wildman–Crippen MR) is 130 cm³/mol. The monoisotopic (exact) mass is 468 g/mol. The quantitative estimate of drug-likeness (QED) is 0.475. The van der Waals surface area contributed by atoms with E-state index in [1.807, 2.05) is 12.1 Å². The highest BCUT2D eigenvalue weighted by molar-refractivity contribution is 6.22. The van der Waals surface area contributed by atoms with Crippen molar-refractivity contribution in [1.82, 2.24) is 9.80 Å². The minimum atomic E-state index is -0.0685. The molecule has 0 amide bonds. The third kappa shape index (κ3) is 4.83. The number of nitrogens with zero attached hydrogens (tertiary/aromatic N) is 2. The zero-order chi connectivity index (χ0) is 23.5. The van der Waals surface area contributed by atoms with Crippen LogP contribution < -0.4 is 20.9 Å². The number of rotatable bonds is 8. The number of nitrogens with two attached hydrogens (primary N) is 2. The summed E-state index contributed by atoms with van der Waals surface area (Å²) < 4.78 is 22.7. The van der Waals surface area contributed by atoms with Crippen LogP contribution in [0.5, 0.6) is 11.5 Å². The lowest BCUT2D eigenvalue weighted by atomic mass is 10.0. The van der Waals surface area contributed by atoms with Crippen molar-refractivity contribution in [3.05, 3.63) is 35.4 Å². The zero-order valence-corrected chi connectivity index (χ0v) is 19.4. The number of hydrogen-bond acceptors (Lipinski definition) is 9. The van der Waals surface area contributed by atoms with E-state index in [1.165, 1.54) is 0 Å². The number of carbonyl (C=O) groups is 1. The highest BCUT2D eigenvalue weighted by Crippen LogP contribution is 2.44. The van der Waals surface area contributed by atoms with E-state index in [4.69, 9.17) is 30.4 Å². The van der Waals surface area contributed by atoms with Gasteiger partial charge >= 0.3 is 0 Å². The molecule has 2 heterocycles. The Morgan fingerprint density at radius 3 is 1.50 bits per heavy atom. The Bertz CT molecular complexity index is 967. The SMILES string of the molecule is Nc1cc2c(cc1OCCN1CCOCC1)C(=O)c1cc(OCCN3CCOCC3)c(N)cc1-2. The molecular formula is C25H32N4O5. The van der Waals surface area contributed by atoms with Crippen LogP contribution in [0.3, 0.4) is 0 Å². The van der Waals surface area contributed by atoms with Crippen LogP contribution in [-0.4, -0.2) is 94.5 Å². The summed E-state index contributed by atoms with van der Waals surface area (Å²) in [5, 5.41) is 0. The third-order valence-electron chi connectivity index (χ3n) is 6.62. The summed E-state index contributed by atoms with van der Waals surface area (Å²) in [6.07, 6.45) is 0. The van der Waals surface area contributed by atoms with Gasteiger partial charge in [-0.25, -0.2) is 0 Å². The number of benzene rings is 2. The molecule has 2 aliphatic heterocycles. The first-order valence-corrected chi connectivity index (χ1v) is 11.9. The van der Waals surface area contributed by atoms with Crippen LogP contribution in [0.1, 0.15) is 15.9 Å². The minimum Gasteiger partial charge on any atom is -0.490 e. The fourth-order valence-corrected chi connectivity index (χ4v) is 4.63. The van der Waals surface area contributed by atoms with E-state index in [0.29, 0.717) is 47.2 Å². The highest BCUT2D eigenvalue weighted by atomic mass is 16.5. The lowest BCUT2D eigenvalue weighted by Crippen LogP contribution is -2.38. The Labute approximate surface area is 199 Å². The standard InChI is InChI=1S/C25H32N4O5/c26-21-13-17-18-14-22(27)24(34-12-6-29-3-9-32-10-4-29)16-20(18)25(30)19(17)15-23(21)33-11-5-28-1-7-31-8-2-28/h13-16H,1-12,26-27H2. The first-order chi connectivity index (χ1) is 16.6. The van der Waals surface area contributed by atoms with Gasteiger partial charge in [-0.1, -0.05) is 0 Å². The maximum atomic E-state index is 13.2. The summed E-state index contributed by atoms with van der Waals surface area (Å²) in [6.45, 7) is 9.15. The maximum Gasteiger partial charge on any atom is 0.194 e. The molecule has 2 saturated heterocycles. The van der Waals surface area contributed by atoms with E-state index in [9.17, 15) is 4.79 Å². The van der Waals surface area contributed by atoms with Gasteiger partial charge in [0.15, 0.2) is 5.78 Å². The van der Waals surface area contributed by atoms with Crippen LogP contribution in [0.25, 0.3) is 11.1 Å². The maximum absolute atomic E-state index is 13.2. The lowest BCUT2D eigenvalue weighted by molar-refractivity contribution is 0.0322. The van der Waals surface area contributed by atoms with Crippen LogP contribution in [0.2, 0.25) is 0 Å². The van der Waals surface area contributed by atoms with Gasteiger partial charge in [0.1, 0.15) is 24.7 Å². The molecule has 4 N–H and O–H groups in total. The summed E-state index contributed by atoms with van der Waals surface area (Å²) in [5.74, 6) is 0.993. The Kier molecular flexibility index (Phi) is 6.87. The van der Waals surface area contributed by atoms with Crippen molar-refractivity contribution in [1.29, 1.82) is 0 Å². The fraction of sp³-hybridized carbons (Fsp3) is 0.480. The molecule has 5 rings (SSSR count). The molecule has 0 aromatic heterocycles. The van der Waals surface area contributed by atoms with Gasteiger partial charge in [0.05, 0.1) is 37.8 Å². The topological polar surface area (TPSA) is 113 Å². The second-order valence-corrected chi connectivity index (χ2v) is 8.81. The summed E-state index contributed by atoms with van der Waals surface area (Å²) >= 11 is 0. The number of fused-ring (bicyclic) bond motifs is 3. The van der Waals surface area contributed by atoms with Gasteiger partial charge in [-0.3, -0.25) is 14.6 Å². The van der Waals surface area contributed by atoms with Gasteiger partial charge in [-0.05, 0) is 35.4 Å². The normalized spacial score (nSPS) is 18.5. The van der Waals surface area contributed by atoms with Gasteiger partial charge in [0, 0.05) is 50.4 Å².